The van der Waals surface area contributed by atoms with Crippen LogP contribution in [0.1, 0.15) is 25.0 Å². The summed E-state index contributed by atoms with van der Waals surface area (Å²) in [6.07, 6.45) is 2.91. The van der Waals surface area contributed by atoms with Crippen molar-refractivity contribution in [2.45, 2.75) is 32.7 Å². The lowest BCUT2D eigenvalue weighted by atomic mass is 9.91. The topological polar surface area (TPSA) is 12.7 Å². The van der Waals surface area contributed by atoms with Gasteiger partial charge in [0.05, 0.1) is 33.7 Å². The van der Waals surface area contributed by atoms with E-state index in [2.05, 4.69) is 101 Å². The molecule has 0 unspecified atom stereocenters. The van der Waals surface area contributed by atoms with Crippen LogP contribution < -0.4 is 4.57 Å². The van der Waals surface area contributed by atoms with Crippen molar-refractivity contribution in [2.75, 3.05) is 0 Å². The largest absolute Gasteiger partial charge is 0.311 e. The van der Waals surface area contributed by atoms with Crippen molar-refractivity contribution in [3.8, 4) is 0 Å². The molecule has 35 heavy (non-hydrogen) atoms. The molecule has 0 aliphatic carbocycles. The maximum atomic E-state index is 7.68. The highest BCUT2D eigenvalue weighted by Gasteiger charge is 2.28. The first-order valence-electron chi connectivity index (χ1n) is 12.2. The summed E-state index contributed by atoms with van der Waals surface area (Å²) in [4.78, 5) is 3.90. The van der Waals surface area contributed by atoms with Crippen molar-refractivity contribution in [3.63, 3.8) is 0 Å². The van der Waals surface area contributed by atoms with Crippen LogP contribution in [-0.2, 0) is 13.5 Å². The molecule has 0 aliphatic heterocycles. The molecule has 4 aromatic carbocycles. The van der Waals surface area contributed by atoms with Gasteiger partial charge < -0.3 is 9.25 Å². The van der Waals surface area contributed by atoms with E-state index in [-0.39, 0.29) is 0 Å². The average Bonchev–Trinajstić information content (AvgIpc) is 3.20. The summed E-state index contributed by atoms with van der Waals surface area (Å²) in [5.41, 5.74) is 7.12. The highest BCUT2D eigenvalue weighted by molar-refractivity contribution is 6.32. The van der Waals surface area contributed by atoms with E-state index < -0.39 is 5.54 Å². The van der Waals surface area contributed by atoms with Crippen molar-refractivity contribution >= 4 is 59.8 Å². The lowest BCUT2D eigenvalue weighted by Crippen LogP contribution is -2.29. The van der Waals surface area contributed by atoms with E-state index >= 15 is 0 Å². The number of aromatic nitrogens is 2. The molecule has 0 fully saturated rings. The normalized spacial score (nSPS) is 12.7. The Morgan fingerprint density at radius 3 is 2.34 bits per heavy atom. The summed E-state index contributed by atoms with van der Waals surface area (Å²) in [6, 6.07) is 24.5. The van der Waals surface area contributed by atoms with Crippen molar-refractivity contribution in [2.24, 2.45) is 7.05 Å². The highest BCUT2D eigenvalue weighted by Crippen LogP contribution is 2.44. The van der Waals surface area contributed by atoms with Gasteiger partial charge in [0, 0.05) is 30.7 Å². The molecule has 0 aliphatic rings. The number of hydrogen-bond acceptors (Lipinski definition) is 0. The fourth-order valence-corrected chi connectivity index (χ4v) is 6.29. The second-order valence-corrected chi connectivity index (χ2v) is 10.6. The summed E-state index contributed by atoms with van der Waals surface area (Å²) in [5.74, 6) is 0. The minimum absolute atomic E-state index is 0.434. The van der Waals surface area contributed by atoms with Crippen molar-refractivity contribution in [3.05, 3.63) is 95.5 Å². The second kappa shape index (κ2) is 6.71. The smallest absolute Gasteiger partial charge is 0.231 e. The van der Waals surface area contributed by atoms with E-state index in [9.17, 15) is 0 Å². The molecule has 168 valence electrons. The number of nitrogens with zero attached hydrogens (tertiary/aromatic N) is 3. The quantitative estimate of drug-likeness (QED) is 0.111. The lowest BCUT2D eigenvalue weighted by Gasteiger charge is -2.17. The van der Waals surface area contributed by atoms with Gasteiger partial charge in [0.25, 0.3) is 0 Å². The van der Waals surface area contributed by atoms with E-state index in [1.54, 1.807) is 0 Å². The molecule has 3 aromatic heterocycles. The molecule has 0 amide bonds. The molecular weight excluding hydrogens is 426 g/mol. The SMILES string of the molecule is [C-]#[N+]C(C)(C)Cc1cc2cc[n+](C)c3c4c(C)c5ccccc5c5c6ccccc6n(c(c1)c23)c45. The van der Waals surface area contributed by atoms with E-state index in [0.29, 0.717) is 0 Å². The lowest BCUT2D eigenvalue weighted by molar-refractivity contribution is -0.643. The maximum absolute atomic E-state index is 7.68. The van der Waals surface area contributed by atoms with Crippen LogP contribution in [0.25, 0.3) is 64.6 Å². The van der Waals surface area contributed by atoms with Gasteiger partial charge in [-0.25, -0.2) is 11.1 Å². The van der Waals surface area contributed by atoms with E-state index in [0.717, 1.165) is 6.42 Å². The van der Waals surface area contributed by atoms with E-state index in [1.807, 2.05) is 13.8 Å². The Hall–Kier alpha value is -4.16. The Balaban J connectivity index is 1.85. The number of aryl methyl sites for hydroxylation is 2. The molecule has 7 rings (SSSR count). The fraction of sp³-hybridized carbons (Fsp3) is 0.188. The molecule has 0 N–H and O–H groups in total. The standard InChI is InChI=1S/C32H26N3/c1-19-22-10-6-7-11-23(22)29-24-12-8-9-13-25(24)35-26-17-20(18-32(2,3)33-4)16-21-14-15-34(5)30(28(21)26)27(19)31(29)35/h6-17H,18H2,1-3,5H3/q+1. The molecule has 7 aromatic rings. The molecule has 0 saturated heterocycles. The molecule has 0 bridgehead atoms. The molecule has 0 spiro atoms. The molecule has 3 heteroatoms. The number of fused-ring (bicyclic) bond motifs is 7. The minimum Gasteiger partial charge on any atom is -0.311 e. The zero-order chi connectivity index (χ0) is 24.1. The number of para-hydroxylation sites is 1. The minimum atomic E-state index is -0.434. The van der Waals surface area contributed by atoms with Gasteiger partial charge in [-0.3, -0.25) is 0 Å². The molecular formula is C32H26N3+. The first-order valence-corrected chi connectivity index (χ1v) is 12.2. The third kappa shape index (κ3) is 2.57. The molecule has 3 nitrogen and oxygen atoms in total. The third-order valence-corrected chi connectivity index (χ3v) is 7.78. The van der Waals surface area contributed by atoms with Gasteiger partial charge in [-0.2, -0.15) is 0 Å². The summed E-state index contributed by atoms with van der Waals surface area (Å²) in [7, 11) is 2.16. The van der Waals surface area contributed by atoms with Gasteiger partial charge in [-0.05, 0) is 46.3 Å². The van der Waals surface area contributed by atoms with E-state index in [4.69, 9.17) is 6.57 Å². The molecule has 0 radical (unpaired) electrons. The van der Waals surface area contributed by atoms with Gasteiger partial charge in [-0.15, -0.1) is 0 Å². The first-order chi connectivity index (χ1) is 16.9. The van der Waals surface area contributed by atoms with Crippen molar-refractivity contribution < 1.29 is 4.57 Å². The number of pyridine rings is 2. The van der Waals surface area contributed by atoms with Crippen LogP contribution in [-0.4, -0.2) is 9.94 Å². The zero-order valence-corrected chi connectivity index (χ0v) is 20.5. The van der Waals surface area contributed by atoms with Crippen LogP contribution in [0.3, 0.4) is 0 Å². The fourth-order valence-electron chi connectivity index (χ4n) is 6.29. The molecule has 0 atom stereocenters. The van der Waals surface area contributed by atoms with Crippen LogP contribution in [0.15, 0.2) is 72.9 Å². The monoisotopic (exact) mass is 452 g/mol. The van der Waals surface area contributed by atoms with Gasteiger partial charge in [0.1, 0.15) is 7.05 Å². The van der Waals surface area contributed by atoms with Crippen LogP contribution >= 0.6 is 0 Å². The van der Waals surface area contributed by atoms with Crippen molar-refractivity contribution in [1.82, 2.24) is 4.40 Å². The highest BCUT2D eigenvalue weighted by atomic mass is 15.0. The Labute approximate surface area is 204 Å². The van der Waals surface area contributed by atoms with Crippen LogP contribution in [0.5, 0.6) is 0 Å². The van der Waals surface area contributed by atoms with Crippen molar-refractivity contribution in [1.29, 1.82) is 0 Å². The molecule has 0 saturated carbocycles. The van der Waals surface area contributed by atoms with Gasteiger partial charge in [-0.1, -0.05) is 48.5 Å². The Morgan fingerprint density at radius 1 is 0.857 bits per heavy atom. The number of benzene rings is 4. The maximum Gasteiger partial charge on any atom is 0.231 e. The summed E-state index contributed by atoms with van der Waals surface area (Å²) >= 11 is 0. The number of rotatable bonds is 2. The van der Waals surface area contributed by atoms with Crippen LogP contribution in [0, 0.1) is 13.5 Å². The molecule has 3 heterocycles. The van der Waals surface area contributed by atoms with Crippen LogP contribution in [0.2, 0.25) is 0 Å². The predicted molar refractivity (Wildman–Crippen MR) is 146 cm³/mol. The predicted octanol–water partition coefficient (Wildman–Crippen LogP) is 7.52. The summed E-state index contributed by atoms with van der Waals surface area (Å²) < 4.78 is 4.77. The second-order valence-electron chi connectivity index (χ2n) is 10.6. The van der Waals surface area contributed by atoms with Gasteiger partial charge in [0.2, 0.25) is 11.1 Å². The van der Waals surface area contributed by atoms with Crippen LogP contribution in [0.4, 0.5) is 0 Å². The first kappa shape index (κ1) is 20.2. The Kier molecular flexibility index (Phi) is 3.88. The Morgan fingerprint density at radius 2 is 1.57 bits per heavy atom. The summed E-state index contributed by atoms with van der Waals surface area (Å²) in [5, 5.41) is 9.08. The summed E-state index contributed by atoms with van der Waals surface area (Å²) in [6.45, 7) is 14.0. The van der Waals surface area contributed by atoms with E-state index in [1.165, 1.54) is 70.9 Å². The van der Waals surface area contributed by atoms with Gasteiger partial charge >= 0.3 is 0 Å². The third-order valence-electron chi connectivity index (χ3n) is 7.78. The zero-order valence-electron chi connectivity index (χ0n) is 20.5. The number of hydrogen-bond donors (Lipinski definition) is 0. The Bertz CT molecular complexity index is 2030. The average molecular weight is 453 g/mol. The van der Waals surface area contributed by atoms with Gasteiger partial charge in [0.15, 0.2) is 6.20 Å².